The standard InChI is InChI=1S/C16H27NO2/c1-14-4-6-15(7-5-14)12-16(8-10-18-2)13-17-9-11-19-3/h4-7,16-17H,8-13H2,1-3H3. The van der Waals surface area contributed by atoms with Crippen LogP contribution in [0.2, 0.25) is 0 Å². The summed E-state index contributed by atoms with van der Waals surface area (Å²) in [5.41, 5.74) is 2.72. The molecule has 0 radical (unpaired) electrons. The molecule has 3 nitrogen and oxygen atoms in total. The molecule has 0 fully saturated rings. The van der Waals surface area contributed by atoms with Crippen molar-refractivity contribution in [1.29, 1.82) is 0 Å². The van der Waals surface area contributed by atoms with Gasteiger partial charge >= 0.3 is 0 Å². The highest BCUT2D eigenvalue weighted by Crippen LogP contribution is 2.13. The van der Waals surface area contributed by atoms with Gasteiger partial charge in [-0.25, -0.2) is 0 Å². The smallest absolute Gasteiger partial charge is 0.0587 e. The highest BCUT2D eigenvalue weighted by Gasteiger charge is 2.09. The quantitative estimate of drug-likeness (QED) is 0.659. The number of aryl methyl sites for hydroxylation is 1. The molecule has 0 spiro atoms. The second-order valence-electron chi connectivity index (χ2n) is 5.03. The van der Waals surface area contributed by atoms with Gasteiger partial charge < -0.3 is 14.8 Å². The van der Waals surface area contributed by atoms with Gasteiger partial charge in [0.1, 0.15) is 0 Å². The lowest BCUT2D eigenvalue weighted by atomic mass is 9.96. The van der Waals surface area contributed by atoms with Crippen LogP contribution in [0.15, 0.2) is 24.3 Å². The second-order valence-corrected chi connectivity index (χ2v) is 5.03. The first kappa shape index (κ1) is 16.2. The maximum absolute atomic E-state index is 5.20. The summed E-state index contributed by atoms with van der Waals surface area (Å²) >= 11 is 0. The topological polar surface area (TPSA) is 30.5 Å². The van der Waals surface area contributed by atoms with Gasteiger partial charge in [-0.3, -0.25) is 0 Å². The van der Waals surface area contributed by atoms with Gasteiger partial charge in [0.25, 0.3) is 0 Å². The van der Waals surface area contributed by atoms with Crippen LogP contribution in [0.25, 0.3) is 0 Å². The van der Waals surface area contributed by atoms with E-state index in [4.69, 9.17) is 9.47 Å². The molecule has 0 amide bonds. The fourth-order valence-electron chi connectivity index (χ4n) is 2.10. The summed E-state index contributed by atoms with van der Waals surface area (Å²) in [5.74, 6) is 0.611. The lowest BCUT2D eigenvalue weighted by Crippen LogP contribution is -2.28. The van der Waals surface area contributed by atoms with E-state index >= 15 is 0 Å². The summed E-state index contributed by atoms with van der Waals surface area (Å²) < 4.78 is 10.3. The Labute approximate surface area is 117 Å². The predicted molar refractivity (Wildman–Crippen MR) is 79.6 cm³/mol. The zero-order chi connectivity index (χ0) is 13.9. The maximum Gasteiger partial charge on any atom is 0.0587 e. The van der Waals surface area contributed by atoms with Crippen molar-refractivity contribution in [3.63, 3.8) is 0 Å². The molecule has 0 bridgehead atoms. The van der Waals surface area contributed by atoms with E-state index in [2.05, 4.69) is 36.5 Å². The van der Waals surface area contributed by atoms with Gasteiger partial charge in [0, 0.05) is 27.4 Å². The summed E-state index contributed by atoms with van der Waals surface area (Å²) in [6, 6.07) is 8.82. The second kappa shape index (κ2) is 9.96. The largest absolute Gasteiger partial charge is 0.385 e. The van der Waals surface area contributed by atoms with Gasteiger partial charge in [-0.2, -0.15) is 0 Å². The van der Waals surface area contributed by atoms with Crippen LogP contribution in [0.4, 0.5) is 0 Å². The molecular weight excluding hydrogens is 238 g/mol. The number of methoxy groups -OCH3 is 2. The Kier molecular flexibility index (Phi) is 8.47. The number of hydrogen-bond donors (Lipinski definition) is 1. The van der Waals surface area contributed by atoms with Crippen LogP contribution in [0, 0.1) is 12.8 Å². The van der Waals surface area contributed by atoms with E-state index in [-0.39, 0.29) is 0 Å². The van der Waals surface area contributed by atoms with Gasteiger partial charge in [-0.1, -0.05) is 29.8 Å². The Morgan fingerprint density at radius 2 is 1.74 bits per heavy atom. The van der Waals surface area contributed by atoms with Gasteiger partial charge in [0.05, 0.1) is 6.61 Å². The Hall–Kier alpha value is -0.900. The molecule has 0 heterocycles. The Balaban J connectivity index is 2.41. The zero-order valence-electron chi connectivity index (χ0n) is 12.4. The van der Waals surface area contributed by atoms with E-state index in [9.17, 15) is 0 Å². The first-order valence-electron chi connectivity index (χ1n) is 7.00. The van der Waals surface area contributed by atoms with E-state index in [1.807, 2.05) is 0 Å². The normalized spacial score (nSPS) is 12.6. The summed E-state index contributed by atoms with van der Waals surface area (Å²) in [6.07, 6.45) is 2.19. The fourth-order valence-corrected chi connectivity index (χ4v) is 2.10. The highest BCUT2D eigenvalue weighted by molar-refractivity contribution is 5.21. The van der Waals surface area contributed by atoms with Crippen LogP contribution in [-0.4, -0.2) is 40.5 Å². The third-order valence-corrected chi connectivity index (χ3v) is 3.29. The van der Waals surface area contributed by atoms with Gasteiger partial charge in [-0.05, 0) is 37.8 Å². The molecule has 1 N–H and O–H groups in total. The molecule has 0 aromatic heterocycles. The summed E-state index contributed by atoms with van der Waals surface area (Å²) in [6.45, 7) is 5.64. The average Bonchev–Trinajstić information content (AvgIpc) is 2.43. The summed E-state index contributed by atoms with van der Waals surface area (Å²) in [4.78, 5) is 0. The van der Waals surface area contributed by atoms with Crippen molar-refractivity contribution >= 4 is 0 Å². The number of hydrogen-bond acceptors (Lipinski definition) is 3. The van der Waals surface area contributed by atoms with E-state index in [1.54, 1.807) is 14.2 Å². The molecule has 1 rings (SSSR count). The van der Waals surface area contributed by atoms with Crippen LogP contribution in [0.5, 0.6) is 0 Å². The summed E-state index contributed by atoms with van der Waals surface area (Å²) in [5, 5.41) is 3.45. The molecule has 0 aliphatic rings. The zero-order valence-corrected chi connectivity index (χ0v) is 12.4. The molecule has 19 heavy (non-hydrogen) atoms. The lowest BCUT2D eigenvalue weighted by Gasteiger charge is -2.17. The molecule has 3 heteroatoms. The molecule has 0 aliphatic carbocycles. The number of nitrogens with one attached hydrogen (secondary N) is 1. The molecule has 1 atom stereocenters. The van der Waals surface area contributed by atoms with Crippen LogP contribution in [0.3, 0.4) is 0 Å². The van der Waals surface area contributed by atoms with E-state index in [0.29, 0.717) is 5.92 Å². The molecule has 0 saturated carbocycles. The van der Waals surface area contributed by atoms with E-state index in [0.717, 1.165) is 39.1 Å². The van der Waals surface area contributed by atoms with Gasteiger partial charge in [0.2, 0.25) is 0 Å². The molecule has 0 saturated heterocycles. The SMILES string of the molecule is COCCNCC(CCOC)Cc1ccc(C)cc1. The lowest BCUT2D eigenvalue weighted by molar-refractivity contribution is 0.172. The molecule has 0 aliphatic heterocycles. The van der Waals surface area contributed by atoms with E-state index < -0.39 is 0 Å². The van der Waals surface area contributed by atoms with Crippen molar-refractivity contribution in [2.24, 2.45) is 5.92 Å². The van der Waals surface area contributed by atoms with Crippen molar-refractivity contribution in [2.45, 2.75) is 19.8 Å². The van der Waals surface area contributed by atoms with Crippen molar-refractivity contribution in [3.05, 3.63) is 35.4 Å². The Morgan fingerprint density at radius 1 is 1.05 bits per heavy atom. The molecule has 1 aromatic rings. The van der Waals surface area contributed by atoms with Crippen LogP contribution < -0.4 is 5.32 Å². The predicted octanol–water partition coefficient (Wildman–Crippen LogP) is 2.43. The third kappa shape index (κ3) is 7.31. The Bertz CT molecular complexity index is 324. The molecule has 108 valence electrons. The molecule has 1 unspecified atom stereocenters. The van der Waals surface area contributed by atoms with E-state index in [1.165, 1.54) is 11.1 Å². The number of rotatable bonds is 10. The van der Waals surface area contributed by atoms with Crippen LogP contribution >= 0.6 is 0 Å². The molecular formula is C16H27NO2. The molecule has 1 aromatic carbocycles. The number of ether oxygens (including phenoxy) is 2. The van der Waals surface area contributed by atoms with Crippen LogP contribution in [0.1, 0.15) is 17.5 Å². The van der Waals surface area contributed by atoms with Crippen LogP contribution in [-0.2, 0) is 15.9 Å². The van der Waals surface area contributed by atoms with Crippen molar-refractivity contribution in [2.75, 3.05) is 40.5 Å². The summed E-state index contributed by atoms with van der Waals surface area (Å²) in [7, 11) is 3.50. The monoisotopic (exact) mass is 265 g/mol. The van der Waals surface area contributed by atoms with Crippen molar-refractivity contribution in [3.8, 4) is 0 Å². The first-order valence-corrected chi connectivity index (χ1v) is 7.00. The minimum Gasteiger partial charge on any atom is -0.385 e. The number of benzene rings is 1. The van der Waals surface area contributed by atoms with Gasteiger partial charge in [-0.15, -0.1) is 0 Å². The van der Waals surface area contributed by atoms with Gasteiger partial charge in [0.15, 0.2) is 0 Å². The fraction of sp³-hybridized carbons (Fsp3) is 0.625. The third-order valence-electron chi connectivity index (χ3n) is 3.29. The van der Waals surface area contributed by atoms with Crippen molar-refractivity contribution in [1.82, 2.24) is 5.32 Å². The van der Waals surface area contributed by atoms with Crippen molar-refractivity contribution < 1.29 is 9.47 Å². The minimum atomic E-state index is 0.611. The highest BCUT2D eigenvalue weighted by atomic mass is 16.5. The average molecular weight is 265 g/mol. The maximum atomic E-state index is 5.20. The minimum absolute atomic E-state index is 0.611. The first-order chi connectivity index (χ1) is 9.26. The Morgan fingerprint density at radius 3 is 2.37 bits per heavy atom.